The smallest absolute Gasteiger partial charge is 0.0283 e. The molecule has 0 aliphatic carbocycles. The lowest BCUT2D eigenvalue weighted by Crippen LogP contribution is -1.89. The van der Waals surface area contributed by atoms with Gasteiger partial charge in [0.05, 0.1) is 0 Å². The average Bonchev–Trinajstić information content (AvgIpc) is 2.04. The molecular weight excluding hydrogens is 180 g/mol. The predicted molar refractivity (Wildman–Crippen MR) is 57.9 cm³/mol. The van der Waals surface area contributed by atoms with E-state index in [1.165, 1.54) is 16.7 Å². The molecule has 0 saturated heterocycles. The van der Waals surface area contributed by atoms with Crippen molar-refractivity contribution in [2.24, 2.45) is 0 Å². The van der Waals surface area contributed by atoms with Crippen LogP contribution in [0.2, 0.25) is 0 Å². The summed E-state index contributed by atoms with van der Waals surface area (Å²) in [6.45, 7) is 2.15. The van der Waals surface area contributed by atoms with Crippen molar-refractivity contribution in [1.29, 1.82) is 0 Å². The summed E-state index contributed by atoms with van der Waals surface area (Å²) in [6.07, 6.45) is 2.13. The monoisotopic (exact) mass is 193 g/mol. The Morgan fingerprint density at radius 3 is 2.50 bits per heavy atom. The summed E-state index contributed by atoms with van der Waals surface area (Å²) in [5.41, 5.74) is 4.15. The molecule has 0 spiro atoms. The van der Waals surface area contributed by atoms with Crippen LogP contribution in [0.5, 0.6) is 0 Å². The van der Waals surface area contributed by atoms with Crippen molar-refractivity contribution in [2.75, 3.05) is 6.26 Å². The van der Waals surface area contributed by atoms with Crippen molar-refractivity contribution >= 4 is 22.0 Å². The zero-order chi connectivity index (χ0) is 8.97. The molecular formula is C10H13SSi. The fourth-order valence-electron chi connectivity index (χ4n) is 1.30. The van der Waals surface area contributed by atoms with E-state index in [0.717, 1.165) is 11.8 Å². The Balaban J connectivity index is 2.90. The first-order chi connectivity index (χ1) is 5.76. The van der Waals surface area contributed by atoms with Crippen LogP contribution >= 0.6 is 11.8 Å². The first kappa shape index (κ1) is 9.87. The number of rotatable bonds is 3. The lowest BCUT2D eigenvalue weighted by atomic mass is 10.1. The predicted octanol–water partition coefficient (Wildman–Crippen LogP) is 2.53. The van der Waals surface area contributed by atoms with Crippen LogP contribution in [0, 0.1) is 6.92 Å². The second kappa shape index (κ2) is 4.73. The third kappa shape index (κ3) is 2.68. The van der Waals surface area contributed by atoms with Gasteiger partial charge in [-0.15, -0.1) is 0 Å². The summed E-state index contributed by atoms with van der Waals surface area (Å²) in [4.78, 5) is 0. The Labute approximate surface area is 82.2 Å². The molecule has 1 aromatic rings. The van der Waals surface area contributed by atoms with Gasteiger partial charge in [-0.3, -0.25) is 0 Å². The molecule has 3 radical (unpaired) electrons. The maximum Gasteiger partial charge on any atom is 0.0283 e. The maximum atomic E-state index is 3.52. The van der Waals surface area contributed by atoms with E-state index in [9.17, 15) is 0 Å². The van der Waals surface area contributed by atoms with Gasteiger partial charge in [-0.25, -0.2) is 0 Å². The second-order valence-electron chi connectivity index (χ2n) is 2.94. The fraction of sp³-hybridized carbons (Fsp3) is 0.400. The van der Waals surface area contributed by atoms with Gasteiger partial charge in [-0.2, -0.15) is 11.8 Å². The number of hydrogen-bond acceptors (Lipinski definition) is 1. The van der Waals surface area contributed by atoms with Crippen LogP contribution in [0.3, 0.4) is 0 Å². The van der Waals surface area contributed by atoms with Crippen LogP contribution in [0.25, 0.3) is 0 Å². The minimum absolute atomic E-state index is 0.947. The molecule has 0 nitrogen and oxygen atoms in total. The van der Waals surface area contributed by atoms with E-state index in [2.05, 4.69) is 41.6 Å². The van der Waals surface area contributed by atoms with Gasteiger partial charge in [0.2, 0.25) is 0 Å². The van der Waals surface area contributed by atoms with Crippen LogP contribution in [0.15, 0.2) is 18.2 Å². The standard InChI is InChI=1S/C10H13SSi/c1-8-3-9(6-11-2)5-10(4-8)7-12/h3-5H,6-7H2,1-2H3. The number of aryl methyl sites for hydroxylation is 1. The molecule has 1 rings (SSSR count). The Morgan fingerprint density at radius 1 is 1.25 bits per heavy atom. The highest BCUT2D eigenvalue weighted by molar-refractivity contribution is 7.97. The van der Waals surface area contributed by atoms with Gasteiger partial charge in [0.1, 0.15) is 0 Å². The Bertz CT molecular complexity index is 258. The van der Waals surface area contributed by atoms with Crippen molar-refractivity contribution in [3.8, 4) is 0 Å². The van der Waals surface area contributed by atoms with E-state index in [-0.39, 0.29) is 0 Å². The minimum Gasteiger partial charge on any atom is -0.161 e. The maximum absolute atomic E-state index is 3.52. The zero-order valence-corrected chi connectivity index (χ0v) is 9.37. The third-order valence-corrected chi connectivity index (χ3v) is 2.74. The van der Waals surface area contributed by atoms with Crippen molar-refractivity contribution in [3.05, 3.63) is 34.9 Å². The Kier molecular flexibility index (Phi) is 3.89. The Hall–Kier alpha value is -0.213. The lowest BCUT2D eigenvalue weighted by molar-refractivity contribution is 1.28. The molecule has 0 heterocycles. The highest BCUT2D eigenvalue weighted by Crippen LogP contribution is 2.14. The van der Waals surface area contributed by atoms with Crippen molar-refractivity contribution in [3.63, 3.8) is 0 Å². The molecule has 0 saturated carbocycles. The Morgan fingerprint density at radius 2 is 1.92 bits per heavy atom. The van der Waals surface area contributed by atoms with E-state index >= 15 is 0 Å². The summed E-state index contributed by atoms with van der Waals surface area (Å²) in [5, 5.41) is 0. The van der Waals surface area contributed by atoms with Crippen LogP contribution in [0.1, 0.15) is 16.7 Å². The summed E-state index contributed by atoms with van der Waals surface area (Å²) in [5.74, 6) is 1.11. The average molecular weight is 193 g/mol. The first-order valence-corrected chi connectivity index (χ1v) is 6.09. The minimum atomic E-state index is 0.947. The molecule has 0 aromatic heterocycles. The summed E-state index contributed by atoms with van der Waals surface area (Å²) in [6, 6.07) is 7.68. The molecule has 0 N–H and O–H groups in total. The molecule has 2 heteroatoms. The van der Waals surface area contributed by atoms with Gasteiger partial charge in [-0.1, -0.05) is 29.3 Å². The third-order valence-electron chi connectivity index (χ3n) is 1.71. The first-order valence-electron chi connectivity index (χ1n) is 3.99. The number of benzene rings is 1. The molecule has 0 aliphatic heterocycles. The summed E-state index contributed by atoms with van der Waals surface area (Å²) in [7, 11) is 3.52. The molecule has 0 bridgehead atoms. The highest BCUT2D eigenvalue weighted by Gasteiger charge is 1.96. The molecule has 0 amide bonds. The second-order valence-corrected chi connectivity index (χ2v) is 4.16. The van der Waals surface area contributed by atoms with E-state index in [1.54, 1.807) is 0 Å². The van der Waals surface area contributed by atoms with Crippen molar-refractivity contribution < 1.29 is 0 Å². The zero-order valence-electron chi connectivity index (χ0n) is 7.55. The van der Waals surface area contributed by atoms with Crippen molar-refractivity contribution in [2.45, 2.75) is 18.7 Å². The quantitative estimate of drug-likeness (QED) is 0.665. The van der Waals surface area contributed by atoms with Gasteiger partial charge >= 0.3 is 0 Å². The van der Waals surface area contributed by atoms with Crippen LogP contribution in [-0.4, -0.2) is 16.5 Å². The van der Waals surface area contributed by atoms with Crippen molar-refractivity contribution in [1.82, 2.24) is 0 Å². The normalized spacial score (nSPS) is 10.2. The molecule has 0 atom stereocenters. The fourth-order valence-corrected chi connectivity index (χ4v) is 2.00. The van der Waals surface area contributed by atoms with Gasteiger partial charge in [0, 0.05) is 16.0 Å². The van der Waals surface area contributed by atoms with Gasteiger partial charge in [0.25, 0.3) is 0 Å². The molecule has 0 fully saturated rings. The van der Waals surface area contributed by atoms with Gasteiger partial charge < -0.3 is 0 Å². The summed E-state index contributed by atoms with van der Waals surface area (Å²) >= 11 is 1.87. The number of thioether (sulfide) groups is 1. The van der Waals surface area contributed by atoms with Crippen LogP contribution in [-0.2, 0) is 11.8 Å². The van der Waals surface area contributed by atoms with Gasteiger partial charge in [-0.05, 0) is 24.8 Å². The molecule has 63 valence electrons. The number of hydrogen-bond donors (Lipinski definition) is 0. The molecule has 1 aromatic carbocycles. The SMILES string of the molecule is CSCc1cc(C)cc(C[Si])c1. The molecule has 0 aliphatic rings. The van der Waals surface area contributed by atoms with E-state index in [0.29, 0.717) is 0 Å². The van der Waals surface area contributed by atoms with Crippen LogP contribution < -0.4 is 0 Å². The summed E-state index contributed by atoms with van der Waals surface area (Å²) < 4.78 is 0. The van der Waals surface area contributed by atoms with Crippen LogP contribution in [0.4, 0.5) is 0 Å². The highest BCUT2D eigenvalue weighted by atomic mass is 32.2. The van der Waals surface area contributed by atoms with E-state index < -0.39 is 0 Å². The largest absolute Gasteiger partial charge is 0.161 e. The van der Waals surface area contributed by atoms with E-state index in [1.807, 2.05) is 11.8 Å². The van der Waals surface area contributed by atoms with Gasteiger partial charge in [0.15, 0.2) is 0 Å². The van der Waals surface area contributed by atoms with E-state index in [4.69, 9.17) is 0 Å². The topological polar surface area (TPSA) is 0 Å². The molecule has 12 heavy (non-hydrogen) atoms. The lowest BCUT2D eigenvalue weighted by Gasteiger charge is -2.04. The molecule has 0 unspecified atom stereocenters.